The Morgan fingerprint density at radius 3 is 2.71 bits per heavy atom. The molecule has 2 aliphatic heterocycles. The van der Waals surface area contributed by atoms with Crippen LogP contribution in [0.5, 0.6) is 0 Å². The van der Waals surface area contributed by atoms with Crippen molar-refractivity contribution < 1.29 is 28.9 Å². The molecule has 4 rings (SSSR count). The van der Waals surface area contributed by atoms with Crippen LogP contribution in [0, 0.1) is 17.8 Å². The second-order valence-electron chi connectivity index (χ2n) is 8.27. The van der Waals surface area contributed by atoms with Gasteiger partial charge in [0.25, 0.3) is 0 Å². The molecule has 184 valence electrons. The molecule has 0 aliphatic carbocycles. The maximum absolute atomic E-state index is 13.2. The molecular formula is C25H26N2O6S2. The van der Waals surface area contributed by atoms with Crippen molar-refractivity contribution in [3.63, 3.8) is 0 Å². The third-order valence-corrected chi connectivity index (χ3v) is 8.41. The van der Waals surface area contributed by atoms with Crippen LogP contribution in [0.2, 0.25) is 0 Å². The van der Waals surface area contributed by atoms with Gasteiger partial charge in [0.1, 0.15) is 18.9 Å². The molecule has 1 saturated heterocycles. The van der Waals surface area contributed by atoms with Crippen LogP contribution in [0.3, 0.4) is 0 Å². The van der Waals surface area contributed by atoms with Gasteiger partial charge in [0.2, 0.25) is 5.91 Å². The molecule has 2 aromatic rings. The average molecular weight is 515 g/mol. The number of carbonyl (C=O) groups excluding carboxylic acids is 3. The Hall–Kier alpha value is -2.95. The van der Waals surface area contributed by atoms with Crippen LogP contribution in [-0.4, -0.2) is 52.7 Å². The van der Waals surface area contributed by atoms with E-state index in [1.54, 1.807) is 18.3 Å². The quantitative estimate of drug-likeness (QED) is 0.0840. The fourth-order valence-corrected chi connectivity index (χ4v) is 6.68. The first-order valence-corrected chi connectivity index (χ1v) is 13.0. The number of nitrogens with zero attached hydrogens (tertiary/aromatic N) is 2. The second kappa shape index (κ2) is 10.8. The molecule has 3 heterocycles. The summed E-state index contributed by atoms with van der Waals surface area (Å²) in [5, 5.41) is 0. The van der Waals surface area contributed by atoms with Crippen molar-refractivity contribution in [2.45, 2.75) is 24.2 Å². The molecule has 10 heteroatoms. The van der Waals surface area contributed by atoms with Crippen molar-refractivity contribution in [1.29, 1.82) is 0 Å². The van der Waals surface area contributed by atoms with Crippen LogP contribution < -0.4 is 0 Å². The van der Waals surface area contributed by atoms with Gasteiger partial charge in [-0.2, -0.15) is 4.89 Å². The summed E-state index contributed by atoms with van der Waals surface area (Å²) >= 11 is 3.10. The van der Waals surface area contributed by atoms with E-state index in [-0.39, 0.29) is 36.8 Å². The largest absolute Gasteiger partial charge is 0.457 e. The molecule has 0 N–H and O–H groups in total. The van der Waals surface area contributed by atoms with Crippen LogP contribution in [0.4, 0.5) is 0 Å². The molecular weight excluding hydrogens is 488 g/mol. The fraction of sp³-hybridized carbons (Fsp3) is 0.360. The summed E-state index contributed by atoms with van der Waals surface area (Å²) in [6.07, 6.45) is 2.93. The Morgan fingerprint density at radius 1 is 1.26 bits per heavy atom. The lowest BCUT2D eigenvalue weighted by Crippen LogP contribution is -2.63. The zero-order valence-electron chi connectivity index (χ0n) is 19.5. The van der Waals surface area contributed by atoms with Gasteiger partial charge in [0.05, 0.1) is 28.1 Å². The number of hydrogen-bond acceptors (Lipinski definition) is 9. The number of rotatable bonds is 11. The maximum atomic E-state index is 13.2. The summed E-state index contributed by atoms with van der Waals surface area (Å²) in [6, 6.07) is 7.54. The molecule has 1 aromatic heterocycles. The Labute approximate surface area is 211 Å². The van der Waals surface area contributed by atoms with Crippen molar-refractivity contribution in [3.05, 3.63) is 60.8 Å². The highest BCUT2D eigenvalue weighted by molar-refractivity contribution is 8.01. The zero-order valence-corrected chi connectivity index (χ0v) is 21.1. The molecule has 1 fully saturated rings. The Bertz CT molecular complexity index is 1170. The number of aromatic nitrogens is 1. The number of ether oxygens (including phenoxy) is 1. The second-order valence-corrected chi connectivity index (χ2v) is 10.5. The molecule has 0 radical (unpaired) electrons. The number of esters is 1. The minimum atomic E-state index is -0.738. The predicted molar refractivity (Wildman–Crippen MR) is 133 cm³/mol. The Kier molecular flexibility index (Phi) is 7.73. The van der Waals surface area contributed by atoms with Gasteiger partial charge in [-0.15, -0.1) is 17.9 Å². The summed E-state index contributed by atoms with van der Waals surface area (Å²) in [4.78, 5) is 54.3. The van der Waals surface area contributed by atoms with E-state index in [9.17, 15) is 14.4 Å². The van der Waals surface area contributed by atoms with E-state index in [1.807, 2.05) is 31.2 Å². The van der Waals surface area contributed by atoms with Crippen LogP contribution in [-0.2, 0) is 28.9 Å². The molecule has 2 aliphatic rings. The molecule has 8 nitrogen and oxygen atoms in total. The number of benzene rings is 1. The minimum absolute atomic E-state index is 0.0362. The number of amides is 1. The number of fused-ring (bicyclic) bond motifs is 2. The Morgan fingerprint density at radius 2 is 2.00 bits per heavy atom. The number of carbonyl (C=O) groups is 3. The zero-order chi connectivity index (χ0) is 25.1. The van der Waals surface area contributed by atoms with Crippen molar-refractivity contribution in [2.24, 2.45) is 17.8 Å². The van der Waals surface area contributed by atoms with Crippen molar-refractivity contribution in [1.82, 2.24) is 9.88 Å². The van der Waals surface area contributed by atoms with Crippen molar-refractivity contribution in [3.8, 4) is 0 Å². The molecule has 35 heavy (non-hydrogen) atoms. The van der Waals surface area contributed by atoms with Gasteiger partial charge in [0.15, 0.2) is 4.34 Å². The van der Waals surface area contributed by atoms with Gasteiger partial charge in [-0.1, -0.05) is 56.5 Å². The summed E-state index contributed by atoms with van der Waals surface area (Å²) in [6.45, 7) is 10.8. The van der Waals surface area contributed by atoms with E-state index in [4.69, 9.17) is 14.5 Å². The Balaban J connectivity index is 1.56. The minimum Gasteiger partial charge on any atom is -0.457 e. The highest BCUT2D eigenvalue weighted by Gasteiger charge is 2.61. The summed E-state index contributed by atoms with van der Waals surface area (Å²) < 4.78 is 7.27. The number of thiazole rings is 1. The molecule has 0 bridgehead atoms. The number of thioether (sulfide) groups is 1. The lowest BCUT2D eigenvalue weighted by molar-refractivity contribution is -0.271. The van der Waals surface area contributed by atoms with Gasteiger partial charge in [-0.3, -0.25) is 9.68 Å². The van der Waals surface area contributed by atoms with Crippen LogP contribution in [0.15, 0.2) is 65.2 Å². The van der Waals surface area contributed by atoms with Gasteiger partial charge in [-0.05, 0) is 17.7 Å². The third-order valence-electron chi connectivity index (χ3n) is 6.18. The van der Waals surface area contributed by atoms with Gasteiger partial charge < -0.3 is 9.64 Å². The maximum Gasteiger partial charge on any atom is 0.355 e. The topological polar surface area (TPSA) is 95.0 Å². The van der Waals surface area contributed by atoms with E-state index >= 15 is 0 Å². The monoisotopic (exact) mass is 514 g/mol. The van der Waals surface area contributed by atoms with Gasteiger partial charge in [-0.25, -0.2) is 14.6 Å². The number of hydrogen-bond donors (Lipinski definition) is 0. The average Bonchev–Trinajstić information content (AvgIpc) is 3.37. The number of para-hydroxylation sites is 1. The number of β-lactam (4-membered cyclic amide) rings is 1. The third kappa shape index (κ3) is 4.78. The molecule has 0 saturated carbocycles. The first-order valence-electron chi connectivity index (χ1n) is 11.2. The first-order chi connectivity index (χ1) is 16.9. The predicted octanol–water partition coefficient (Wildman–Crippen LogP) is 4.15. The van der Waals surface area contributed by atoms with E-state index in [2.05, 4.69) is 18.1 Å². The lowest BCUT2D eigenvalue weighted by Gasteiger charge is -2.47. The van der Waals surface area contributed by atoms with Crippen LogP contribution >= 0.6 is 23.1 Å². The normalized spacial score (nSPS) is 21.9. The van der Waals surface area contributed by atoms with Crippen LogP contribution in [0.25, 0.3) is 10.2 Å². The van der Waals surface area contributed by atoms with Gasteiger partial charge in [0, 0.05) is 11.7 Å². The molecule has 1 aromatic carbocycles. The van der Waals surface area contributed by atoms with Gasteiger partial charge >= 0.3 is 11.9 Å². The molecule has 3 unspecified atom stereocenters. The lowest BCUT2D eigenvalue weighted by atomic mass is 9.74. The smallest absolute Gasteiger partial charge is 0.355 e. The fourth-order valence-electron chi connectivity index (χ4n) is 4.46. The summed E-state index contributed by atoms with van der Waals surface area (Å²) in [7, 11) is 0. The highest BCUT2D eigenvalue weighted by atomic mass is 32.2. The van der Waals surface area contributed by atoms with Crippen molar-refractivity contribution >= 4 is 51.2 Å². The SMILES string of the molecule is C=CCOOC(=O)C(C)C1C(=O)N2C(C(=O)OCC=C)=C(CSc3nc4ccccc4s3)[C@H](C)C12. The van der Waals surface area contributed by atoms with E-state index < -0.39 is 23.8 Å². The first kappa shape index (κ1) is 25.2. The summed E-state index contributed by atoms with van der Waals surface area (Å²) in [5.74, 6) is -2.57. The van der Waals surface area contributed by atoms with E-state index in [1.165, 1.54) is 28.8 Å². The summed E-state index contributed by atoms with van der Waals surface area (Å²) in [5.41, 5.74) is 1.97. The van der Waals surface area contributed by atoms with E-state index in [0.29, 0.717) is 5.75 Å². The molecule has 0 spiro atoms. The molecule has 4 atom stereocenters. The van der Waals surface area contributed by atoms with E-state index in [0.717, 1.165) is 20.1 Å². The van der Waals surface area contributed by atoms with Crippen LogP contribution in [0.1, 0.15) is 13.8 Å². The van der Waals surface area contributed by atoms with Crippen molar-refractivity contribution in [2.75, 3.05) is 19.0 Å². The molecule has 1 amide bonds. The highest BCUT2D eigenvalue weighted by Crippen LogP contribution is 2.50. The standard InChI is InChI=1S/C25H26N2O6S2/c1-5-11-31-24(30)21-16(13-34-25-26-17-9-7-8-10-18(17)35-25)14(3)20-19(22(28)27(20)21)15(4)23(29)33-32-12-6-2/h5-10,14-15,19-20H,1-2,11-13H2,3-4H3/t14-,15?,19?,20?/m0/s1.